The first-order valence-electron chi connectivity index (χ1n) is 11.3. The minimum atomic E-state index is 0.00698. The van der Waals surface area contributed by atoms with Crippen LogP contribution in [0.25, 0.3) is 21.0 Å². The van der Waals surface area contributed by atoms with Crippen molar-refractivity contribution in [3.8, 4) is 17.2 Å². The second-order valence-electron chi connectivity index (χ2n) is 8.02. The van der Waals surface area contributed by atoms with Crippen LogP contribution >= 0.6 is 11.3 Å². The van der Waals surface area contributed by atoms with E-state index in [9.17, 15) is 4.79 Å². The van der Waals surface area contributed by atoms with Crippen molar-refractivity contribution in [2.75, 3.05) is 51.9 Å². The van der Waals surface area contributed by atoms with E-state index in [1.54, 1.807) is 25.6 Å². The third kappa shape index (κ3) is 3.88. The van der Waals surface area contributed by atoms with E-state index in [-0.39, 0.29) is 5.91 Å². The van der Waals surface area contributed by atoms with E-state index < -0.39 is 0 Å². The molecule has 3 aromatic carbocycles. The predicted octanol–water partition coefficient (Wildman–Crippen LogP) is 4.83. The number of anilines is 1. The molecule has 0 N–H and O–H groups in total. The Morgan fingerprint density at radius 2 is 1.65 bits per heavy atom. The maximum atomic E-state index is 13.6. The SMILES string of the molecule is CCOc1ccc2ccccc2c1C(=O)N1CCN(c2nc3c(OC)ccc(OC)c3s2)CC1. The van der Waals surface area contributed by atoms with Gasteiger partial charge in [-0.3, -0.25) is 4.79 Å². The van der Waals surface area contributed by atoms with E-state index in [2.05, 4.69) is 4.90 Å². The van der Waals surface area contributed by atoms with Crippen LogP contribution in [-0.4, -0.2) is 62.8 Å². The summed E-state index contributed by atoms with van der Waals surface area (Å²) < 4.78 is 17.8. The van der Waals surface area contributed by atoms with Gasteiger partial charge in [-0.15, -0.1) is 0 Å². The van der Waals surface area contributed by atoms with Crippen molar-refractivity contribution < 1.29 is 19.0 Å². The van der Waals surface area contributed by atoms with Crippen LogP contribution in [0.1, 0.15) is 17.3 Å². The molecule has 0 atom stereocenters. The Morgan fingerprint density at radius 3 is 2.38 bits per heavy atom. The van der Waals surface area contributed by atoms with Crippen LogP contribution in [0.3, 0.4) is 0 Å². The highest BCUT2D eigenvalue weighted by Gasteiger charge is 2.28. The molecule has 176 valence electrons. The number of benzene rings is 3. The lowest BCUT2D eigenvalue weighted by Gasteiger charge is -2.35. The van der Waals surface area contributed by atoms with Gasteiger partial charge in [0.15, 0.2) is 5.13 Å². The van der Waals surface area contributed by atoms with Gasteiger partial charge in [0.05, 0.1) is 26.4 Å². The van der Waals surface area contributed by atoms with E-state index in [4.69, 9.17) is 19.2 Å². The number of rotatable bonds is 6. The zero-order valence-electron chi connectivity index (χ0n) is 19.5. The summed E-state index contributed by atoms with van der Waals surface area (Å²) in [5, 5.41) is 2.86. The molecule has 1 saturated heterocycles. The fourth-order valence-corrected chi connectivity index (χ4v) is 5.54. The van der Waals surface area contributed by atoms with Crippen molar-refractivity contribution in [2.45, 2.75) is 6.92 Å². The van der Waals surface area contributed by atoms with Crippen LogP contribution in [0.15, 0.2) is 48.5 Å². The number of nitrogens with zero attached hydrogens (tertiary/aromatic N) is 3. The van der Waals surface area contributed by atoms with Gasteiger partial charge in [-0.1, -0.05) is 41.7 Å². The average molecular weight is 478 g/mol. The summed E-state index contributed by atoms with van der Waals surface area (Å²) in [6.45, 7) is 5.06. The highest BCUT2D eigenvalue weighted by Crippen LogP contribution is 2.40. The van der Waals surface area contributed by atoms with Gasteiger partial charge < -0.3 is 24.0 Å². The lowest BCUT2D eigenvalue weighted by Crippen LogP contribution is -2.48. The molecule has 4 aromatic rings. The number of aromatic nitrogens is 1. The second kappa shape index (κ2) is 9.38. The topological polar surface area (TPSA) is 64.1 Å². The van der Waals surface area contributed by atoms with Gasteiger partial charge in [0, 0.05) is 26.2 Å². The highest BCUT2D eigenvalue weighted by molar-refractivity contribution is 7.22. The van der Waals surface area contributed by atoms with Gasteiger partial charge in [0.25, 0.3) is 5.91 Å². The first-order valence-corrected chi connectivity index (χ1v) is 12.2. The number of amides is 1. The molecule has 1 aliphatic rings. The summed E-state index contributed by atoms with van der Waals surface area (Å²) in [5.74, 6) is 2.16. The molecule has 0 aliphatic carbocycles. The number of thiazole rings is 1. The summed E-state index contributed by atoms with van der Waals surface area (Å²) in [5.41, 5.74) is 1.44. The van der Waals surface area contributed by atoms with Gasteiger partial charge in [-0.25, -0.2) is 4.98 Å². The Hall–Kier alpha value is -3.52. The summed E-state index contributed by atoms with van der Waals surface area (Å²) in [4.78, 5) is 22.6. The first kappa shape index (κ1) is 22.3. The van der Waals surface area contributed by atoms with Crippen LogP contribution in [0.4, 0.5) is 5.13 Å². The number of hydrogen-bond donors (Lipinski definition) is 0. The minimum absolute atomic E-state index is 0.00698. The van der Waals surface area contributed by atoms with Crippen molar-refractivity contribution in [3.05, 3.63) is 54.1 Å². The molecule has 0 unspecified atom stereocenters. The minimum Gasteiger partial charge on any atom is -0.495 e. The lowest BCUT2D eigenvalue weighted by atomic mass is 10.0. The fourth-order valence-electron chi connectivity index (χ4n) is 4.42. The maximum Gasteiger partial charge on any atom is 0.258 e. The van der Waals surface area contributed by atoms with E-state index in [0.717, 1.165) is 37.6 Å². The second-order valence-corrected chi connectivity index (χ2v) is 8.99. The molecule has 0 spiro atoms. The van der Waals surface area contributed by atoms with Gasteiger partial charge in [-0.2, -0.15) is 0 Å². The van der Waals surface area contributed by atoms with Gasteiger partial charge in [0.1, 0.15) is 27.5 Å². The predicted molar refractivity (Wildman–Crippen MR) is 136 cm³/mol. The molecule has 34 heavy (non-hydrogen) atoms. The Labute approximate surface area is 202 Å². The molecule has 5 rings (SSSR count). The standard InChI is InChI=1S/C26H27N3O4S/c1-4-33-19-10-9-17-7-5-6-8-18(17)22(19)25(30)28-13-15-29(16-14-28)26-27-23-20(31-2)11-12-21(32-3)24(23)34-26/h5-12H,4,13-16H2,1-3H3. The fraction of sp³-hybridized carbons (Fsp3) is 0.308. The third-order valence-electron chi connectivity index (χ3n) is 6.14. The molecular weight excluding hydrogens is 450 g/mol. The van der Waals surface area contributed by atoms with Crippen molar-refractivity contribution in [2.24, 2.45) is 0 Å². The highest BCUT2D eigenvalue weighted by atomic mass is 32.1. The molecule has 1 amide bonds. The number of fused-ring (bicyclic) bond motifs is 2. The zero-order chi connectivity index (χ0) is 23.7. The molecule has 7 nitrogen and oxygen atoms in total. The van der Waals surface area contributed by atoms with Crippen molar-refractivity contribution in [1.29, 1.82) is 0 Å². The van der Waals surface area contributed by atoms with Gasteiger partial charge in [0.2, 0.25) is 0 Å². The van der Waals surface area contributed by atoms with Gasteiger partial charge in [-0.05, 0) is 35.9 Å². The maximum absolute atomic E-state index is 13.6. The average Bonchev–Trinajstić information content (AvgIpc) is 3.33. The van der Waals surface area contributed by atoms with Crippen molar-refractivity contribution in [1.82, 2.24) is 9.88 Å². The Kier molecular flexibility index (Phi) is 6.15. The van der Waals surface area contributed by atoms with E-state index in [1.807, 2.05) is 60.4 Å². The molecule has 0 saturated carbocycles. The molecule has 0 radical (unpaired) electrons. The smallest absolute Gasteiger partial charge is 0.258 e. The molecule has 8 heteroatoms. The Balaban J connectivity index is 1.39. The Morgan fingerprint density at radius 1 is 0.941 bits per heavy atom. The largest absolute Gasteiger partial charge is 0.495 e. The normalized spacial score (nSPS) is 14.0. The number of ether oxygens (including phenoxy) is 3. The third-order valence-corrected chi connectivity index (χ3v) is 7.27. The van der Waals surface area contributed by atoms with Crippen molar-refractivity contribution >= 4 is 43.4 Å². The monoisotopic (exact) mass is 477 g/mol. The number of hydrogen-bond acceptors (Lipinski definition) is 7. The molecule has 0 bridgehead atoms. The van der Waals surface area contributed by atoms with E-state index in [0.29, 0.717) is 44.1 Å². The quantitative estimate of drug-likeness (QED) is 0.396. The molecule has 1 aromatic heterocycles. The first-order chi connectivity index (χ1) is 16.6. The van der Waals surface area contributed by atoms with Gasteiger partial charge >= 0.3 is 0 Å². The molecule has 1 aliphatic heterocycles. The summed E-state index contributed by atoms with van der Waals surface area (Å²) in [6.07, 6.45) is 0. The van der Waals surface area contributed by atoms with Crippen LogP contribution in [-0.2, 0) is 0 Å². The molecule has 2 heterocycles. The van der Waals surface area contributed by atoms with E-state index in [1.165, 1.54) is 0 Å². The summed E-state index contributed by atoms with van der Waals surface area (Å²) in [7, 11) is 3.31. The Bertz CT molecular complexity index is 1300. The van der Waals surface area contributed by atoms with Crippen LogP contribution in [0, 0.1) is 0 Å². The lowest BCUT2D eigenvalue weighted by molar-refractivity contribution is 0.0744. The molecule has 1 fully saturated rings. The summed E-state index contributed by atoms with van der Waals surface area (Å²) in [6, 6.07) is 15.6. The number of methoxy groups -OCH3 is 2. The van der Waals surface area contributed by atoms with E-state index >= 15 is 0 Å². The zero-order valence-corrected chi connectivity index (χ0v) is 20.4. The number of piperazine rings is 1. The number of carbonyl (C=O) groups excluding carboxylic acids is 1. The summed E-state index contributed by atoms with van der Waals surface area (Å²) >= 11 is 1.59. The molecular formula is C26H27N3O4S. The number of carbonyl (C=O) groups is 1. The van der Waals surface area contributed by atoms with Crippen molar-refractivity contribution in [3.63, 3.8) is 0 Å². The van der Waals surface area contributed by atoms with Crippen LogP contribution in [0.2, 0.25) is 0 Å². The van der Waals surface area contributed by atoms with Crippen LogP contribution < -0.4 is 19.1 Å². The van der Waals surface area contributed by atoms with Crippen LogP contribution in [0.5, 0.6) is 17.2 Å².